The SMILES string of the molecule is O=C1C(Nc2ccc(Cl)cc2)=C(n2nc3ccccc3n2)C(=O)c2ccccc21. The minimum atomic E-state index is -0.322. The van der Waals surface area contributed by atoms with Crippen molar-refractivity contribution in [2.24, 2.45) is 0 Å². The van der Waals surface area contributed by atoms with Gasteiger partial charge >= 0.3 is 0 Å². The predicted molar refractivity (Wildman–Crippen MR) is 111 cm³/mol. The molecule has 0 amide bonds. The molecule has 6 nitrogen and oxygen atoms in total. The third-order valence-electron chi connectivity index (χ3n) is 4.70. The predicted octanol–water partition coefficient (Wildman–Crippen LogP) is 4.44. The smallest absolute Gasteiger partial charge is 0.216 e. The van der Waals surface area contributed by atoms with Gasteiger partial charge in [-0.1, -0.05) is 48.0 Å². The topological polar surface area (TPSA) is 76.9 Å². The van der Waals surface area contributed by atoms with Crippen molar-refractivity contribution < 1.29 is 9.59 Å². The summed E-state index contributed by atoms with van der Waals surface area (Å²) in [5.41, 5.74) is 2.76. The summed E-state index contributed by atoms with van der Waals surface area (Å²) in [6.45, 7) is 0. The first-order chi connectivity index (χ1) is 14.1. The summed E-state index contributed by atoms with van der Waals surface area (Å²) in [6, 6.07) is 20.9. The van der Waals surface area contributed by atoms with Crippen molar-refractivity contribution in [3.8, 4) is 0 Å². The zero-order valence-corrected chi connectivity index (χ0v) is 15.7. The van der Waals surface area contributed by atoms with Gasteiger partial charge in [0.25, 0.3) is 0 Å². The maximum Gasteiger partial charge on any atom is 0.216 e. The van der Waals surface area contributed by atoms with Gasteiger partial charge in [-0.05, 0) is 36.4 Å². The van der Waals surface area contributed by atoms with Gasteiger partial charge < -0.3 is 5.32 Å². The van der Waals surface area contributed by atoms with E-state index in [1.807, 2.05) is 12.1 Å². The van der Waals surface area contributed by atoms with Crippen molar-refractivity contribution in [1.29, 1.82) is 0 Å². The van der Waals surface area contributed by atoms with Gasteiger partial charge in [-0.15, -0.1) is 15.0 Å². The Morgan fingerprint density at radius 3 is 1.90 bits per heavy atom. The summed E-state index contributed by atoms with van der Waals surface area (Å²) in [6.07, 6.45) is 0. The lowest BCUT2D eigenvalue weighted by molar-refractivity contribution is 0.0987. The summed E-state index contributed by atoms with van der Waals surface area (Å²) < 4.78 is 0. The number of benzene rings is 3. The molecule has 0 saturated heterocycles. The first kappa shape index (κ1) is 17.3. The molecule has 1 N–H and O–H groups in total. The molecule has 0 aliphatic heterocycles. The van der Waals surface area contributed by atoms with E-state index in [9.17, 15) is 9.59 Å². The number of Topliss-reactive ketones (excluding diaryl/α,β-unsaturated/α-hetero) is 2. The molecule has 0 fully saturated rings. The van der Waals surface area contributed by atoms with Gasteiger partial charge in [-0.25, -0.2) is 0 Å². The maximum absolute atomic E-state index is 13.3. The van der Waals surface area contributed by atoms with Crippen LogP contribution in [0.4, 0.5) is 5.69 Å². The van der Waals surface area contributed by atoms with Crippen LogP contribution in [0.1, 0.15) is 20.7 Å². The first-order valence-electron chi connectivity index (χ1n) is 8.89. The van der Waals surface area contributed by atoms with Crippen LogP contribution >= 0.6 is 11.6 Å². The fourth-order valence-corrected chi connectivity index (χ4v) is 3.43. The number of allylic oxidation sites excluding steroid dienone is 2. The molecule has 29 heavy (non-hydrogen) atoms. The van der Waals surface area contributed by atoms with Gasteiger partial charge in [0.1, 0.15) is 16.7 Å². The average Bonchev–Trinajstić information content (AvgIpc) is 3.17. The number of fused-ring (bicyclic) bond motifs is 2. The van der Waals surface area contributed by atoms with Crippen molar-refractivity contribution >= 4 is 45.6 Å². The van der Waals surface area contributed by atoms with Crippen LogP contribution in [-0.2, 0) is 0 Å². The van der Waals surface area contributed by atoms with E-state index in [0.29, 0.717) is 32.9 Å². The molecule has 7 heteroatoms. The van der Waals surface area contributed by atoms with Crippen LogP contribution in [-0.4, -0.2) is 26.6 Å². The molecule has 0 saturated carbocycles. The highest BCUT2D eigenvalue weighted by Crippen LogP contribution is 2.30. The van der Waals surface area contributed by atoms with Crippen LogP contribution in [0.2, 0.25) is 5.02 Å². The van der Waals surface area contributed by atoms with E-state index in [1.54, 1.807) is 60.7 Å². The molecule has 140 valence electrons. The van der Waals surface area contributed by atoms with Crippen molar-refractivity contribution in [3.05, 3.63) is 94.6 Å². The first-order valence-corrected chi connectivity index (χ1v) is 9.27. The molecule has 0 bridgehead atoms. The summed E-state index contributed by atoms with van der Waals surface area (Å²) in [7, 11) is 0. The number of rotatable bonds is 3. The second-order valence-corrected chi connectivity index (χ2v) is 6.97. The number of hydrogen-bond acceptors (Lipinski definition) is 5. The molecular formula is C22H13ClN4O2. The Morgan fingerprint density at radius 1 is 0.724 bits per heavy atom. The van der Waals surface area contributed by atoms with Crippen molar-refractivity contribution in [2.75, 3.05) is 5.32 Å². The van der Waals surface area contributed by atoms with E-state index >= 15 is 0 Å². The number of nitrogens with zero attached hydrogens (tertiary/aromatic N) is 3. The quantitative estimate of drug-likeness (QED) is 0.550. The van der Waals surface area contributed by atoms with Gasteiger partial charge in [0.05, 0.1) is 0 Å². The van der Waals surface area contributed by atoms with Crippen molar-refractivity contribution in [3.63, 3.8) is 0 Å². The van der Waals surface area contributed by atoms with Crippen LogP contribution < -0.4 is 5.32 Å². The molecule has 3 aromatic carbocycles. The van der Waals surface area contributed by atoms with Crippen LogP contribution in [0, 0.1) is 0 Å². The minimum Gasteiger partial charge on any atom is -0.350 e. The maximum atomic E-state index is 13.3. The Hall–Kier alpha value is -3.77. The Kier molecular flexibility index (Phi) is 4.00. The molecule has 1 heterocycles. The van der Waals surface area contributed by atoms with E-state index < -0.39 is 0 Å². The monoisotopic (exact) mass is 400 g/mol. The third kappa shape index (κ3) is 2.90. The summed E-state index contributed by atoms with van der Waals surface area (Å²) in [4.78, 5) is 27.8. The van der Waals surface area contributed by atoms with Crippen LogP contribution in [0.5, 0.6) is 0 Å². The van der Waals surface area contributed by atoms with Crippen molar-refractivity contribution in [1.82, 2.24) is 15.0 Å². The highest BCUT2D eigenvalue weighted by molar-refractivity contribution is 6.38. The zero-order valence-electron chi connectivity index (χ0n) is 15.0. The summed E-state index contributed by atoms with van der Waals surface area (Å²) in [5.74, 6) is -0.622. The molecule has 4 aromatic rings. The second-order valence-electron chi connectivity index (χ2n) is 6.54. The molecule has 1 aromatic heterocycles. The van der Waals surface area contributed by atoms with Crippen molar-refractivity contribution in [2.45, 2.75) is 0 Å². The van der Waals surface area contributed by atoms with E-state index in [-0.39, 0.29) is 23.0 Å². The molecule has 1 aliphatic carbocycles. The summed E-state index contributed by atoms with van der Waals surface area (Å²) >= 11 is 5.96. The van der Waals surface area contributed by atoms with Gasteiger partial charge in [-0.3, -0.25) is 9.59 Å². The van der Waals surface area contributed by atoms with E-state index in [0.717, 1.165) is 0 Å². The standard InChI is InChI=1S/C22H13ClN4O2/c23-13-9-11-14(12-10-13)24-19-20(27-25-17-7-3-4-8-18(17)26-27)22(29)16-6-2-1-5-15(16)21(19)28/h1-12,24H. The fraction of sp³-hybridized carbons (Fsp3) is 0. The van der Waals surface area contributed by atoms with Gasteiger partial charge in [-0.2, -0.15) is 0 Å². The molecule has 0 unspecified atom stereocenters. The van der Waals surface area contributed by atoms with Crippen LogP contribution in [0.15, 0.2) is 78.5 Å². The molecule has 1 aliphatic rings. The van der Waals surface area contributed by atoms with Crippen LogP contribution in [0.25, 0.3) is 16.7 Å². The second kappa shape index (κ2) is 6.68. The Morgan fingerprint density at radius 2 is 1.28 bits per heavy atom. The highest BCUT2D eigenvalue weighted by Gasteiger charge is 2.34. The number of aromatic nitrogens is 3. The van der Waals surface area contributed by atoms with Gasteiger partial charge in [0.2, 0.25) is 11.6 Å². The molecule has 0 radical (unpaired) electrons. The van der Waals surface area contributed by atoms with E-state index in [4.69, 9.17) is 11.6 Å². The van der Waals surface area contributed by atoms with Gasteiger partial charge in [0.15, 0.2) is 5.70 Å². The Balaban J connectivity index is 1.72. The Bertz CT molecular complexity index is 1290. The number of carbonyl (C=O) groups excluding carboxylic acids is 2. The number of nitrogens with one attached hydrogen (secondary N) is 1. The van der Waals surface area contributed by atoms with E-state index in [2.05, 4.69) is 15.5 Å². The van der Waals surface area contributed by atoms with E-state index in [1.165, 1.54) is 4.80 Å². The molecular weight excluding hydrogens is 388 g/mol. The molecule has 5 rings (SSSR count). The number of hydrogen-bond donors (Lipinski definition) is 1. The lowest BCUT2D eigenvalue weighted by Gasteiger charge is -2.21. The zero-order chi connectivity index (χ0) is 20.0. The fourth-order valence-electron chi connectivity index (χ4n) is 3.31. The lowest BCUT2D eigenvalue weighted by atomic mass is 9.90. The van der Waals surface area contributed by atoms with Gasteiger partial charge in [0, 0.05) is 21.8 Å². The number of carbonyl (C=O) groups is 2. The molecule has 0 spiro atoms. The minimum absolute atomic E-state index is 0.0832. The normalized spacial score (nSPS) is 13.7. The number of ketones is 2. The number of halogens is 1. The highest BCUT2D eigenvalue weighted by atomic mass is 35.5. The third-order valence-corrected chi connectivity index (χ3v) is 4.95. The molecule has 0 atom stereocenters. The Labute approximate surface area is 170 Å². The van der Waals surface area contributed by atoms with Crippen LogP contribution in [0.3, 0.4) is 0 Å². The summed E-state index contributed by atoms with van der Waals surface area (Å²) in [5, 5.41) is 12.5. The lowest BCUT2D eigenvalue weighted by Crippen LogP contribution is -2.28. The largest absolute Gasteiger partial charge is 0.350 e. The number of anilines is 1. The average molecular weight is 401 g/mol.